The van der Waals surface area contributed by atoms with Gasteiger partial charge in [-0.2, -0.15) is 11.8 Å². The largest absolute Gasteiger partial charge is 0.459 e. The van der Waals surface area contributed by atoms with Gasteiger partial charge in [-0.05, 0) is 12.3 Å². The molecule has 0 saturated carbocycles. The molecule has 88 valence electrons. The molecule has 16 heavy (non-hydrogen) atoms. The highest BCUT2D eigenvalue weighted by atomic mass is 32.2. The smallest absolute Gasteiger partial charge is 0.289 e. The summed E-state index contributed by atoms with van der Waals surface area (Å²) >= 11 is 1.69. The summed E-state index contributed by atoms with van der Waals surface area (Å²) in [5.74, 6) is 1.36. The van der Waals surface area contributed by atoms with Crippen LogP contribution in [0, 0.1) is 0 Å². The predicted molar refractivity (Wildman–Crippen MR) is 64.7 cm³/mol. The molecular weight excluding hydrogens is 224 g/mol. The first kappa shape index (κ1) is 11.5. The van der Waals surface area contributed by atoms with Gasteiger partial charge in [0.25, 0.3) is 5.91 Å². The molecule has 1 saturated heterocycles. The first-order chi connectivity index (χ1) is 7.83. The SMILES string of the molecule is CSCc1ccoc1C(=O)N1CCNCC1. The molecule has 1 aromatic heterocycles. The Morgan fingerprint density at radius 1 is 1.56 bits per heavy atom. The van der Waals surface area contributed by atoms with Gasteiger partial charge in [-0.15, -0.1) is 0 Å². The van der Waals surface area contributed by atoms with Crippen LogP contribution >= 0.6 is 11.8 Å². The number of hydrogen-bond acceptors (Lipinski definition) is 4. The van der Waals surface area contributed by atoms with E-state index in [0.29, 0.717) is 5.76 Å². The van der Waals surface area contributed by atoms with Crippen LogP contribution in [0.5, 0.6) is 0 Å². The number of furan rings is 1. The van der Waals surface area contributed by atoms with Crippen LogP contribution in [0.3, 0.4) is 0 Å². The van der Waals surface area contributed by atoms with Gasteiger partial charge in [0.05, 0.1) is 6.26 Å². The van der Waals surface area contributed by atoms with Crippen molar-refractivity contribution >= 4 is 17.7 Å². The van der Waals surface area contributed by atoms with Crippen LogP contribution in [0.25, 0.3) is 0 Å². The van der Waals surface area contributed by atoms with E-state index in [1.807, 2.05) is 17.2 Å². The third kappa shape index (κ3) is 2.41. The molecular formula is C11H16N2O2S. The second kappa shape index (κ2) is 5.41. The van der Waals surface area contributed by atoms with Crippen molar-refractivity contribution in [3.05, 3.63) is 23.7 Å². The number of rotatable bonds is 3. The van der Waals surface area contributed by atoms with Gasteiger partial charge in [-0.3, -0.25) is 4.79 Å². The zero-order valence-corrected chi connectivity index (χ0v) is 10.2. The van der Waals surface area contributed by atoms with Crippen molar-refractivity contribution < 1.29 is 9.21 Å². The first-order valence-electron chi connectivity index (χ1n) is 5.38. The van der Waals surface area contributed by atoms with Crippen molar-refractivity contribution in [3.63, 3.8) is 0 Å². The summed E-state index contributed by atoms with van der Waals surface area (Å²) < 4.78 is 5.31. The number of nitrogens with one attached hydrogen (secondary N) is 1. The molecule has 0 aliphatic carbocycles. The molecule has 1 fully saturated rings. The molecule has 2 heterocycles. The fourth-order valence-corrected chi connectivity index (χ4v) is 2.34. The van der Waals surface area contributed by atoms with Crippen molar-refractivity contribution in [2.75, 3.05) is 32.4 Å². The Hall–Kier alpha value is -0.940. The molecule has 0 spiro atoms. The average molecular weight is 240 g/mol. The van der Waals surface area contributed by atoms with Crippen molar-refractivity contribution in [1.82, 2.24) is 10.2 Å². The number of thioether (sulfide) groups is 1. The van der Waals surface area contributed by atoms with Crippen molar-refractivity contribution in [2.24, 2.45) is 0 Å². The number of nitrogens with zero attached hydrogens (tertiary/aromatic N) is 1. The van der Waals surface area contributed by atoms with Crippen molar-refractivity contribution in [3.8, 4) is 0 Å². The van der Waals surface area contributed by atoms with E-state index in [9.17, 15) is 4.79 Å². The fraction of sp³-hybridized carbons (Fsp3) is 0.545. The van der Waals surface area contributed by atoms with E-state index in [0.717, 1.165) is 37.5 Å². The summed E-state index contributed by atoms with van der Waals surface area (Å²) in [4.78, 5) is 14.0. The summed E-state index contributed by atoms with van der Waals surface area (Å²) in [5.41, 5.74) is 0.996. The maximum absolute atomic E-state index is 12.2. The molecule has 1 aliphatic heterocycles. The molecule has 1 N–H and O–H groups in total. The second-order valence-corrected chi connectivity index (χ2v) is 4.62. The quantitative estimate of drug-likeness (QED) is 0.862. The molecule has 0 radical (unpaired) electrons. The lowest BCUT2D eigenvalue weighted by molar-refractivity contribution is 0.0702. The van der Waals surface area contributed by atoms with Gasteiger partial charge < -0.3 is 14.6 Å². The van der Waals surface area contributed by atoms with Crippen molar-refractivity contribution in [2.45, 2.75) is 5.75 Å². The standard InChI is InChI=1S/C11H16N2O2S/c1-16-8-9-2-7-15-10(9)11(14)13-5-3-12-4-6-13/h2,7,12H,3-6,8H2,1H3. The maximum Gasteiger partial charge on any atom is 0.289 e. The van der Waals surface area contributed by atoms with Gasteiger partial charge in [0, 0.05) is 37.5 Å². The summed E-state index contributed by atoms with van der Waals surface area (Å²) in [6, 6.07) is 1.88. The Bertz CT molecular complexity index is 359. The fourth-order valence-electron chi connectivity index (χ4n) is 1.80. The summed E-state index contributed by atoms with van der Waals surface area (Å²) in [7, 11) is 0. The molecule has 0 aromatic carbocycles. The molecule has 4 nitrogen and oxygen atoms in total. The number of piperazine rings is 1. The summed E-state index contributed by atoms with van der Waals surface area (Å²) in [5, 5.41) is 3.23. The summed E-state index contributed by atoms with van der Waals surface area (Å²) in [6.07, 6.45) is 3.62. The lowest BCUT2D eigenvalue weighted by Crippen LogP contribution is -2.46. The second-order valence-electron chi connectivity index (χ2n) is 3.75. The minimum absolute atomic E-state index is 0.0237. The van der Waals surface area contributed by atoms with Crippen LogP contribution in [-0.2, 0) is 5.75 Å². The topological polar surface area (TPSA) is 45.5 Å². The monoisotopic (exact) mass is 240 g/mol. The number of hydrogen-bond donors (Lipinski definition) is 1. The Morgan fingerprint density at radius 3 is 3.00 bits per heavy atom. The highest BCUT2D eigenvalue weighted by Crippen LogP contribution is 2.18. The van der Waals surface area contributed by atoms with Crippen LogP contribution in [-0.4, -0.2) is 43.2 Å². The van der Waals surface area contributed by atoms with Crippen LogP contribution in [0.4, 0.5) is 0 Å². The molecule has 5 heteroatoms. The van der Waals surface area contributed by atoms with E-state index >= 15 is 0 Å². The minimum Gasteiger partial charge on any atom is -0.459 e. The van der Waals surface area contributed by atoms with Crippen LogP contribution in [0.1, 0.15) is 16.1 Å². The van der Waals surface area contributed by atoms with E-state index in [4.69, 9.17) is 4.42 Å². The Kier molecular flexibility index (Phi) is 3.90. The summed E-state index contributed by atoms with van der Waals surface area (Å²) in [6.45, 7) is 3.26. The molecule has 0 atom stereocenters. The highest BCUT2D eigenvalue weighted by molar-refractivity contribution is 7.97. The number of carbonyl (C=O) groups is 1. The van der Waals surface area contributed by atoms with Crippen LogP contribution in [0.15, 0.2) is 16.7 Å². The lowest BCUT2D eigenvalue weighted by atomic mass is 10.2. The normalized spacial score (nSPS) is 16.4. The van der Waals surface area contributed by atoms with Crippen LogP contribution < -0.4 is 5.32 Å². The zero-order chi connectivity index (χ0) is 11.4. The van der Waals surface area contributed by atoms with E-state index < -0.39 is 0 Å². The van der Waals surface area contributed by atoms with E-state index in [-0.39, 0.29) is 5.91 Å². The molecule has 1 aromatic rings. The van der Waals surface area contributed by atoms with E-state index in [1.165, 1.54) is 0 Å². The van der Waals surface area contributed by atoms with Crippen molar-refractivity contribution in [1.29, 1.82) is 0 Å². The number of carbonyl (C=O) groups excluding carboxylic acids is 1. The van der Waals surface area contributed by atoms with E-state index in [1.54, 1.807) is 18.0 Å². The molecule has 1 amide bonds. The van der Waals surface area contributed by atoms with Gasteiger partial charge in [-0.1, -0.05) is 0 Å². The third-order valence-corrected chi connectivity index (χ3v) is 3.24. The molecule has 0 bridgehead atoms. The van der Waals surface area contributed by atoms with Gasteiger partial charge in [0.2, 0.25) is 0 Å². The van der Waals surface area contributed by atoms with Crippen LogP contribution in [0.2, 0.25) is 0 Å². The van der Waals surface area contributed by atoms with Gasteiger partial charge >= 0.3 is 0 Å². The van der Waals surface area contributed by atoms with Gasteiger partial charge in [-0.25, -0.2) is 0 Å². The Balaban J connectivity index is 2.09. The molecule has 2 rings (SSSR count). The lowest BCUT2D eigenvalue weighted by Gasteiger charge is -2.26. The maximum atomic E-state index is 12.2. The number of amides is 1. The average Bonchev–Trinajstić information content (AvgIpc) is 2.78. The molecule has 0 unspecified atom stereocenters. The first-order valence-corrected chi connectivity index (χ1v) is 6.77. The minimum atomic E-state index is 0.0237. The van der Waals surface area contributed by atoms with E-state index in [2.05, 4.69) is 5.32 Å². The zero-order valence-electron chi connectivity index (χ0n) is 9.36. The third-order valence-electron chi connectivity index (χ3n) is 2.65. The Morgan fingerprint density at radius 2 is 2.31 bits per heavy atom. The van der Waals surface area contributed by atoms with Gasteiger partial charge in [0.1, 0.15) is 0 Å². The Labute approximate surface area is 99.4 Å². The highest BCUT2D eigenvalue weighted by Gasteiger charge is 2.22. The van der Waals surface area contributed by atoms with Gasteiger partial charge in [0.15, 0.2) is 5.76 Å². The predicted octanol–water partition coefficient (Wildman–Crippen LogP) is 1.19. The molecule has 1 aliphatic rings.